The first-order chi connectivity index (χ1) is 18.2. The third-order valence-electron chi connectivity index (χ3n) is 7.38. The van der Waals surface area contributed by atoms with E-state index in [9.17, 15) is 4.79 Å². The fourth-order valence-electron chi connectivity index (χ4n) is 5.38. The summed E-state index contributed by atoms with van der Waals surface area (Å²) in [5.41, 5.74) is 4.07. The Balaban J connectivity index is 0.00000156. The minimum absolute atomic E-state index is 0.0210. The molecule has 3 atom stereocenters. The number of para-hydroxylation sites is 1. The first-order valence-corrected chi connectivity index (χ1v) is 13.7. The van der Waals surface area contributed by atoms with Crippen LogP contribution in [0.4, 0.5) is 0 Å². The van der Waals surface area contributed by atoms with Crippen molar-refractivity contribution in [3.63, 3.8) is 0 Å². The summed E-state index contributed by atoms with van der Waals surface area (Å²) in [5, 5.41) is 8.36. The summed E-state index contributed by atoms with van der Waals surface area (Å²) in [7, 11) is 0. The molecule has 3 unspecified atom stereocenters. The highest BCUT2D eigenvalue weighted by Crippen LogP contribution is 2.32. The summed E-state index contributed by atoms with van der Waals surface area (Å²) in [5.74, 6) is 0.339. The highest BCUT2D eigenvalue weighted by atomic mass is 16.2. The van der Waals surface area contributed by atoms with Gasteiger partial charge in [0, 0.05) is 17.6 Å². The van der Waals surface area contributed by atoms with Crippen molar-refractivity contribution in [1.82, 2.24) is 15.6 Å². The molecule has 0 radical (unpaired) electrons. The quantitative estimate of drug-likeness (QED) is 0.291. The molecule has 5 rings (SSSR count). The van der Waals surface area contributed by atoms with Crippen LogP contribution in [0.2, 0.25) is 0 Å². The van der Waals surface area contributed by atoms with Crippen LogP contribution in [0.1, 0.15) is 68.7 Å². The van der Waals surface area contributed by atoms with E-state index < -0.39 is 0 Å². The van der Waals surface area contributed by atoms with E-state index in [1.807, 2.05) is 98.9 Å². The fraction of sp³-hybridized carbons (Fsp3) is 0.333. The average molecular weight is 494 g/mol. The molecule has 2 heterocycles. The summed E-state index contributed by atoms with van der Waals surface area (Å²) < 4.78 is 0. The normalized spacial score (nSPS) is 18.1. The second-order valence-electron chi connectivity index (χ2n) is 9.52. The third-order valence-corrected chi connectivity index (χ3v) is 7.38. The summed E-state index contributed by atoms with van der Waals surface area (Å²) in [6.45, 7) is 7.24. The van der Waals surface area contributed by atoms with Crippen molar-refractivity contribution in [2.45, 2.75) is 58.0 Å². The van der Waals surface area contributed by atoms with Gasteiger partial charge in [-0.3, -0.25) is 9.78 Å². The number of hydrogen-bond acceptors (Lipinski definition) is 3. The number of nitrogens with one attached hydrogen (secondary N) is 2. The highest BCUT2D eigenvalue weighted by Gasteiger charge is 2.32. The first kappa shape index (κ1) is 26.6. The number of hydrogen-bond donors (Lipinski definition) is 2. The van der Waals surface area contributed by atoms with Crippen LogP contribution in [0.3, 0.4) is 0 Å². The van der Waals surface area contributed by atoms with E-state index in [2.05, 4.69) is 34.7 Å². The summed E-state index contributed by atoms with van der Waals surface area (Å²) in [6, 6.07) is 30.4. The van der Waals surface area contributed by atoms with Crippen molar-refractivity contribution < 1.29 is 4.79 Å². The van der Waals surface area contributed by atoms with Crippen molar-refractivity contribution >= 4 is 16.8 Å². The number of fused-ring (bicyclic) bond motifs is 1. The molecule has 0 bridgehead atoms. The molecule has 1 fully saturated rings. The zero-order valence-electron chi connectivity index (χ0n) is 22.2. The average Bonchev–Trinajstić information content (AvgIpc) is 2.98. The van der Waals surface area contributed by atoms with Crippen LogP contribution in [0.15, 0.2) is 97.2 Å². The first-order valence-electron chi connectivity index (χ1n) is 13.7. The Morgan fingerprint density at radius 3 is 2.11 bits per heavy atom. The second kappa shape index (κ2) is 13.2. The van der Waals surface area contributed by atoms with Crippen LogP contribution in [-0.4, -0.2) is 23.5 Å². The summed E-state index contributed by atoms with van der Waals surface area (Å²) in [6.07, 6.45) is 5.24. The highest BCUT2D eigenvalue weighted by molar-refractivity contribution is 5.89. The summed E-state index contributed by atoms with van der Waals surface area (Å²) in [4.78, 5) is 18.6. The van der Waals surface area contributed by atoms with E-state index in [0.29, 0.717) is 5.92 Å². The van der Waals surface area contributed by atoms with Crippen molar-refractivity contribution in [2.24, 2.45) is 5.92 Å². The maximum atomic E-state index is 14.1. The molecule has 1 aromatic heterocycles. The zero-order valence-corrected chi connectivity index (χ0v) is 22.2. The Morgan fingerprint density at radius 2 is 1.51 bits per heavy atom. The lowest BCUT2D eigenvalue weighted by molar-refractivity contribution is -0.122. The molecule has 1 saturated heterocycles. The molecular formula is C33H39N3O. The monoisotopic (exact) mass is 493 g/mol. The van der Waals surface area contributed by atoms with Gasteiger partial charge in [0.2, 0.25) is 5.91 Å². The minimum Gasteiger partial charge on any atom is -0.347 e. The molecular weight excluding hydrogens is 454 g/mol. The van der Waals surface area contributed by atoms with Crippen LogP contribution in [0, 0.1) is 5.92 Å². The molecule has 37 heavy (non-hydrogen) atoms. The molecule has 3 aromatic carbocycles. The van der Waals surface area contributed by atoms with Gasteiger partial charge >= 0.3 is 0 Å². The molecule has 192 valence electrons. The van der Waals surface area contributed by atoms with E-state index in [1.165, 1.54) is 12.8 Å². The van der Waals surface area contributed by atoms with E-state index >= 15 is 0 Å². The van der Waals surface area contributed by atoms with Crippen molar-refractivity contribution in [1.29, 1.82) is 0 Å². The number of rotatable bonds is 7. The Morgan fingerprint density at radius 1 is 0.892 bits per heavy atom. The number of carbonyl (C=O) groups is 1. The fourth-order valence-corrected chi connectivity index (χ4v) is 5.38. The number of carbonyl (C=O) groups excluding carboxylic acids is 1. The topological polar surface area (TPSA) is 54.0 Å². The van der Waals surface area contributed by atoms with Crippen LogP contribution >= 0.6 is 0 Å². The molecule has 1 amide bonds. The predicted molar refractivity (Wildman–Crippen MR) is 154 cm³/mol. The van der Waals surface area contributed by atoms with Gasteiger partial charge in [-0.05, 0) is 54.1 Å². The largest absolute Gasteiger partial charge is 0.347 e. The summed E-state index contributed by atoms with van der Waals surface area (Å²) >= 11 is 0. The number of pyridine rings is 1. The number of aromatic nitrogens is 1. The van der Waals surface area contributed by atoms with Gasteiger partial charge in [-0.25, -0.2) is 0 Å². The molecule has 1 aliphatic rings. The molecule has 2 N–H and O–H groups in total. The van der Waals surface area contributed by atoms with Gasteiger partial charge in [0.1, 0.15) is 0 Å². The van der Waals surface area contributed by atoms with Crippen molar-refractivity contribution in [3.8, 4) is 0 Å². The third kappa shape index (κ3) is 6.26. The number of nitrogens with zero attached hydrogens (tertiary/aromatic N) is 1. The Bertz CT molecular complexity index is 1210. The van der Waals surface area contributed by atoms with Crippen LogP contribution in [0.25, 0.3) is 10.9 Å². The Kier molecular flexibility index (Phi) is 9.45. The van der Waals surface area contributed by atoms with Gasteiger partial charge in [0.05, 0.1) is 17.5 Å². The maximum absolute atomic E-state index is 14.1. The molecule has 0 spiro atoms. The van der Waals surface area contributed by atoms with E-state index in [4.69, 9.17) is 0 Å². The van der Waals surface area contributed by atoms with Crippen LogP contribution in [-0.2, 0) is 4.79 Å². The molecule has 4 aromatic rings. The van der Waals surface area contributed by atoms with E-state index in [-0.39, 0.29) is 23.9 Å². The standard InChI is InChI=1S/C31H33N3O.C2H6/c1-2-22-17-18-28(33-21-22)30(26-19-20-32-27-16-10-9-15-25(26)27)34-31(35)29(23-11-5-3-6-12-23)24-13-7-4-8-14-24;1-2/h3-16,19-20,22,28-30,33H,2,17-18,21H2,1H3,(H,34,35);1-2H3. The number of amides is 1. The van der Waals surface area contributed by atoms with Gasteiger partial charge in [-0.2, -0.15) is 0 Å². The van der Waals surface area contributed by atoms with Crippen LogP contribution in [0.5, 0.6) is 0 Å². The zero-order chi connectivity index (χ0) is 26.0. The SMILES string of the molecule is CC.CCC1CCC(C(NC(=O)C(c2ccccc2)c2ccccc2)c2ccnc3ccccc23)NC1. The van der Waals surface area contributed by atoms with Gasteiger partial charge in [0.15, 0.2) is 0 Å². The second-order valence-corrected chi connectivity index (χ2v) is 9.52. The molecule has 4 nitrogen and oxygen atoms in total. The number of benzene rings is 3. The van der Waals surface area contributed by atoms with Crippen LogP contribution < -0.4 is 10.6 Å². The smallest absolute Gasteiger partial charge is 0.232 e. The van der Waals surface area contributed by atoms with E-state index in [0.717, 1.165) is 40.6 Å². The van der Waals surface area contributed by atoms with Gasteiger partial charge in [-0.1, -0.05) is 106 Å². The lowest BCUT2D eigenvalue weighted by Gasteiger charge is -2.36. The molecule has 0 aliphatic carbocycles. The Labute approximate surface area is 221 Å². The van der Waals surface area contributed by atoms with Gasteiger partial charge < -0.3 is 10.6 Å². The molecule has 4 heteroatoms. The Hall–Kier alpha value is -3.50. The minimum atomic E-state index is -0.375. The van der Waals surface area contributed by atoms with E-state index in [1.54, 1.807) is 0 Å². The van der Waals surface area contributed by atoms with Crippen molar-refractivity contribution in [3.05, 3.63) is 114 Å². The molecule has 1 aliphatic heterocycles. The van der Waals surface area contributed by atoms with Gasteiger partial charge in [-0.15, -0.1) is 0 Å². The van der Waals surface area contributed by atoms with Gasteiger partial charge in [0.25, 0.3) is 0 Å². The lowest BCUT2D eigenvalue weighted by Crippen LogP contribution is -2.49. The number of piperidine rings is 1. The predicted octanol–water partition coefficient (Wildman–Crippen LogP) is 7.03. The van der Waals surface area contributed by atoms with Crippen molar-refractivity contribution in [2.75, 3.05) is 6.54 Å². The maximum Gasteiger partial charge on any atom is 0.232 e. The lowest BCUT2D eigenvalue weighted by atomic mass is 9.85. The molecule has 0 saturated carbocycles.